The summed E-state index contributed by atoms with van der Waals surface area (Å²) in [6.07, 6.45) is 5.53. The van der Waals surface area contributed by atoms with Crippen LogP contribution >= 0.6 is 11.6 Å². The van der Waals surface area contributed by atoms with Crippen molar-refractivity contribution < 1.29 is 0 Å². The third-order valence-corrected chi connectivity index (χ3v) is 5.13. The topological polar surface area (TPSA) is 68.9 Å². The molecule has 0 amide bonds. The molecular weight excluding hydrogens is 304 g/mol. The van der Waals surface area contributed by atoms with Crippen LogP contribution < -0.4 is 16.4 Å². The Kier molecular flexibility index (Phi) is 3.13. The maximum atomic E-state index is 12.6. The normalized spacial score (nSPS) is 27.5. The van der Waals surface area contributed by atoms with Crippen LogP contribution in [0.2, 0.25) is 5.02 Å². The number of aromatic nitrogens is 3. The molecule has 116 valence electrons. The molecule has 2 aromatic heterocycles. The summed E-state index contributed by atoms with van der Waals surface area (Å²) in [6.45, 7) is 0. The quantitative estimate of drug-likeness (QED) is 0.802. The number of hydrogen-bond acceptors (Lipinski definition) is 4. The Morgan fingerprint density at radius 1 is 1.23 bits per heavy atom. The van der Waals surface area contributed by atoms with Crippen LogP contribution in [0.1, 0.15) is 31.7 Å². The number of rotatable bonds is 1. The highest BCUT2D eigenvalue weighted by atomic mass is 35.5. The standard InChI is InChI=1S/C15H17ClN4O2/c1-19-12-4-8(16)7-17-13(12)20(15(22)14(19)21)11-5-9-2-3-10(6-11)18-9/h4,7,9-11,18H,2-3,5-6H2,1H3/t9-,10+,11?. The van der Waals surface area contributed by atoms with Crippen LogP contribution in [0.5, 0.6) is 0 Å². The third-order valence-electron chi connectivity index (χ3n) is 4.92. The fourth-order valence-corrected chi connectivity index (χ4v) is 4.03. The maximum absolute atomic E-state index is 12.6. The van der Waals surface area contributed by atoms with Crippen molar-refractivity contribution in [2.45, 2.75) is 43.8 Å². The minimum atomic E-state index is -0.526. The van der Waals surface area contributed by atoms with Crippen LogP contribution in [0.25, 0.3) is 11.2 Å². The number of halogens is 1. The summed E-state index contributed by atoms with van der Waals surface area (Å²) in [5.41, 5.74) is 0.129. The van der Waals surface area contributed by atoms with Crippen LogP contribution in [0.3, 0.4) is 0 Å². The van der Waals surface area contributed by atoms with Crippen molar-refractivity contribution in [3.8, 4) is 0 Å². The molecule has 6 nitrogen and oxygen atoms in total. The number of nitrogens with zero attached hydrogens (tertiary/aromatic N) is 3. The van der Waals surface area contributed by atoms with E-state index in [9.17, 15) is 9.59 Å². The fourth-order valence-electron chi connectivity index (χ4n) is 3.88. The molecule has 3 atom stereocenters. The molecule has 4 rings (SSSR count). The molecule has 2 aliphatic rings. The Morgan fingerprint density at radius 2 is 1.91 bits per heavy atom. The van der Waals surface area contributed by atoms with Gasteiger partial charge in [-0.1, -0.05) is 11.6 Å². The predicted molar refractivity (Wildman–Crippen MR) is 84.5 cm³/mol. The van der Waals surface area contributed by atoms with E-state index in [2.05, 4.69) is 10.3 Å². The zero-order chi connectivity index (χ0) is 15.4. The summed E-state index contributed by atoms with van der Waals surface area (Å²) in [7, 11) is 1.58. The van der Waals surface area contributed by atoms with E-state index in [1.165, 1.54) is 10.8 Å². The average Bonchev–Trinajstić information content (AvgIpc) is 2.84. The van der Waals surface area contributed by atoms with E-state index in [0.29, 0.717) is 28.3 Å². The Labute approximate surface area is 131 Å². The second kappa shape index (κ2) is 4.93. The Hall–Kier alpha value is -1.66. The van der Waals surface area contributed by atoms with Gasteiger partial charge in [-0.25, -0.2) is 4.98 Å². The molecule has 4 heterocycles. The minimum absolute atomic E-state index is 0.0244. The summed E-state index contributed by atoms with van der Waals surface area (Å²) >= 11 is 6.00. The van der Waals surface area contributed by atoms with Crippen LogP contribution in [0.4, 0.5) is 0 Å². The Bertz CT molecular complexity index is 860. The minimum Gasteiger partial charge on any atom is -0.311 e. The van der Waals surface area contributed by atoms with E-state index in [0.717, 1.165) is 25.7 Å². The highest BCUT2D eigenvalue weighted by Crippen LogP contribution is 2.34. The molecule has 1 N–H and O–H groups in total. The molecule has 0 saturated carbocycles. The number of fused-ring (bicyclic) bond motifs is 3. The molecule has 1 unspecified atom stereocenters. The molecule has 22 heavy (non-hydrogen) atoms. The molecule has 2 aromatic rings. The molecule has 2 fully saturated rings. The lowest BCUT2D eigenvalue weighted by Crippen LogP contribution is -2.46. The number of nitrogens with one attached hydrogen (secondary N) is 1. The predicted octanol–water partition coefficient (Wildman–Crippen LogP) is 1.20. The summed E-state index contributed by atoms with van der Waals surface area (Å²) < 4.78 is 2.93. The lowest BCUT2D eigenvalue weighted by Gasteiger charge is -2.31. The molecule has 0 aromatic carbocycles. The van der Waals surface area contributed by atoms with Gasteiger partial charge in [0.15, 0.2) is 5.65 Å². The third kappa shape index (κ3) is 2.01. The molecule has 2 aliphatic heterocycles. The van der Waals surface area contributed by atoms with Gasteiger partial charge in [-0.2, -0.15) is 0 Å². The summed E-state index contributed by atoms with van der Waals surface area (Å²) in [6, 6.07) is 2.58. The van der Waals surface area contributed by atoms with Gasteiger partial charge >= 0.3 is 11.1 Å². The van der Waals surface area contributed by atoms with Gasteiger partial charge in [-0.05, 0) is 31.7 Å². The maximum Gasteiger partial charge on any atom is 0.318 e. The zero-order valence-corrected chi connectivity index (χ0v) is 13.0. The van der Waals surface area contributed by atoms with E-state index in [4.69, 9.17) is 11.6 Å². The highest BCUT2D eigenvalue weighted by Gasteiger charge is 2.35. The lowest BCUT2D eigenvalue weighted by atomic mass is 9.99. The van der Waals surface area contributed by atoms with Crippen molar-refractivity contribution >= 4 is 22.8 Å². The molecular formula is C15H17ClN4O2. The van der Waals surface area contributed by atoms with Gasteiger partial charge < -0.3 is 9.88 Å². The van der Waals surface area contributed by atoms with Crippen molar-refractivity contribution in [2.75, 3.05) is 0 Å². The molecule has 0 radical (unpaired) electrons. The average molecular weight is 321 g/mol. The number of hydrogen-bond donors (Lipinski definition) is 1. The van der Waals surface area contributed by atoms with E-state index >= 15 is 0 Å². The number of piperidine rings is 1. The molecule has 2 bridgehead atoms. The first-order valence-corrected chi connectivity index (χ1v) is 7.95. The van der Waals surface area contributed by atoms with Crippen LogP contribution in [-0.4, -0.2) is 26.2 Å². The van der Waals surface area contributed by atoms with Gasteiger partial charge in [0, 0.05) is 31.4 Å². The second-order valence-electron chi connectivity index (χ2n) is 6.30. The summed E-state index contributed by atoms with van der Waals surface area (Å²) in [5, 5.41) is 4.01. The first-order valence-electron chi connectivity index (χ1n) is 7.57. The van der Waals surface area contributed by atoms with Gasteiger partial charge in [0.25, 0.3) is 0 Å². The Balaban J connectivity index is 1.97. The van der Waals surface area contributed by atoms with Crippen molar-refractivity contribution in [3.63, 3.8) is 0 Å². The monoisotopic (exact) mass is 320 g/mol. The smallest absolute Gasteiger partial charge is 0.311 e. The van der Waals surface area contributed by atoms with Gasteiger partial charge in [0.2, 0.25) is 0 Å². The van der Waals surface area contributed by atoms with E-state index in [1.807, 2.05) is 0 Å². The van der Waals surface area contributed by atoms with Crippen molar-refractivity contribution in [1.82, 2.24) is 19.4 Å². The van der Waals surface area contributed by atoms with E-state index in [-0.39, 0.29) is 6.04 Å². The molecule has 2 saturated heterocycles. The van der Waals surface area contributed by atoms with Crippen molar-refractivity contribution in [2.24, 2.45) is 7.05 Å². The first-order chi connectivity index (χ1) is 10.5. The van der Waals surface area contributed by atoms with Crippen molar-refractivity contribution in [3.05, 3.63) is 38.0 Å². The van der Waals surface area contributed by atoms with Gasteiger partial charge in [0.1, 0.15) is 0 Å². The molecule has 7 heteroatoms. The van der Waals surface area contributed by atoms with Gasteiger partial charge in [0.05, 0.1) is 10.5 Å². The lowest BCUT2D eigenvalue weighted by molar-refractivity contribution is 0.297. The van der Waals surface area contributed by atoms with Gasteiger partial charge in [-0.15, -0.1) is 0 Å². The first kappa shape index (κ1) is 14.0. The number of aryl methyl sites for hydroxylation is 1. The largest absolute Gasteiger partial charge is 0.318 e. The van der Waals surface area contributed by atoms with Crippen LogP contribution in [-0.2, 0) is 7.05 Å². The molecule has 0 spiro atoms. The van der Waals surface area contributed by atoms with Crippen molar-refractivity contribution in [1.29, 1.82) is 0 Å². The van der Waals surface area contributed by atoms with E-state index in [1.54, 1.807) is 17.7 Å². The van der Waals surface area contributed by atoms with Crippen LogP contribution in [0, 0.1) is 0 Å². The fraction of sp³-hybridized carbons (Fsp3) is 0.533. The zero-order valence-electron chi connectivity index (χ0n) is 12.3. The van der Waals surface area contributed by atoms with Gasteiger partial charge in [-0.3, -0.25) is 14.2 Å². The summed E-state index contributed by atoms with van der Waals surface area (Å²) in [4.78, 5) is 29.2. The van der Waals surface area contributed by atoms with E-state index < -0.39 is 11.1 Å². The number of pyridine rings is 1. The molecule has 0 aliphatic carbocycles. The van der Waals surface area contributed by atoms with Crippen LogP contribution in [0.15, 0.2) is 21.9 Å². The second-order valence-corrected chi connectivity index (χ2v) is 6.74. The Morgan fingerprint density at radius 3 is 2.59 bits per heavy atom. The summed E-state index contributed by atoms with van der Waals surface area (Å²) in [5.74, 6) is 0. The SMILES string of the molecule is Cn1c(=O)c(=O)n(C2C[C@H]3CC[C@@H](C2)N3)c2ncc(Cl)cc21. The highest BCUT2D eigenvalue weighted by molar-refractivity contribution is 6.31.